The van der Waals surface area contributed by atoms with Crippen LogP contribution in [0.2, 0.25) is 0 Å². The highest BCUT2D eigenvalue weighted by Crippen LogP contribution is 2.28. The van der Waals surface area contributed by atoms with Gasteiger partial charge in [-0.05, 0) is 49.9 Å². The maximum absolute atomic E-state index is 13.2. The van der Waals surface area contributed by atoms with Crippen molar-refractivity contribution < 1.29 is 9.59 Å². The molecule has 1 aliphatic carbocycles. The smallest absolute Gasteiger partial charge is 0.254 e. The summed E-state index contributed by atoms with van der Waals surface area (Å²) in [7, 11) is 2.00. The third-order valence-electron chi connectivity index (χ3n) is 5.19. The Morgan fingerprint density at radius 1 is 1.14 bits per heavy atom. The van der Waals surface area contributed by atoms with E-state index in [1.54, 1.807) is 4.90 Å². The van der Waals surface area contributed by atoms with E-state index in [2.05, 4.69) is 13.8 Å². The Bertz CT molecular complexity index is 819. The number of amides is 2. The number of hydrogen-bond acceptors (Lipinski definition) is 2. The summed E-state index contributed by atoms with van der Waals surface area (Å²) in [4.78, 5) is 29.9. The maximum atomic E-state index is 13.2. The van der Waals surface area contributed by atoms with Crippen LogP contribution in [-0.2, 0) is 18.4 Å². The minimum Gasteiger partial charge on any atom is -0.353 e. The lowest BCUT2D eigenvalue weighted by atomic mass is 10.1. The van der Waals surface area contributed by atoms with E-state index >= 15 is 0 Å². The van der Waals surface area contributed by atoms with Crippen LogP contribution in [0.5, 0.6) is 0 Å². The van der Waals surface area contributed by atoms with Crippen LogP contribution >= 0.6 is 0 Å². The molecule has 0 atom stereocenters. The molecule has 1 fully saturated rings. The predicted molar refractivity (Wildman–Crippen MR) is 111 cm³/mol. The molecular formula is C23H31N3O2. The molecule has 3 rings (SSSR count). The van der Waals surface area contributed by atoms with E-state index in [0.29, 0.717) is 30.6 Å². The lowest BCUT2D eigenvalue weighted by Crippen LogP contribution is -2.45. The van der Waals surface area contributed by atoms with Crippen LogP contribution in [0, 0.1) is 12.8 Å². The fourth-order valence-corrected chi connectivity index (χ4v) is 3.44. The summed E-state index contributed by atoms with van der Waals surface area (Å²) in [5.74, 6) is 0.255. The van der Waals surface area contributed by atoms with Crippen molar-refractivity contribution in [3.63, 3.8) is 0 Å². The summed E-state index contributed by atoms with van der Waals surface area (Å²) in [6.45, 7) is 7.44. The van der Waals surface area contributed by atoms with Gasteiger partial charge < -0.3 is 14.4 Å². The normalized spacial score (nSPS) is 13.6. The van der Waals surface area contributed by atoms with Crippen molar-refractivity contribution in [1.82, 2.24) is 14.4 Å². The van der Waals surface area contributed by atoms with Gasteiger partial charge in [0.1, 0.15) is 6.54 Å². The molecule has 2 amide bonds. The lowest BCUT2D eigenvalue weighted by molar-refractivity contribution is -0.133. The molecular weight excluding hydrogens is 350 g/mol. The second-order valence-corrected chi connectivity index (χ2v) is 8.31. The average molecular weight is 382 g/mol. The number of rotatable bonds is 8. The predicted octanol–water partition coefficient (Wildman–Crippen LogP) is 3.62. The van der Waals surface area contributed by atoms with E-state index in [-0.39, 0.29) is 18.4 Å². The van der Waals surface area contributed by atoms with Crippen LogP contribution in [0.15, 0.2) is 42.6 Å². The highest BCUT2D eigenvalue weighted by molar-refractivity contribution is 5.96. The first-order chi connectivity index (χ1) is 13.3. The van der Waals surface area contributed by atoms with Crippen LogP contribution in [0.25, 0.3) is 0 Å². The van der Waals surface area contributed by atoms with Gasteiger partial charge in [-0.15, -0.1) is 0 Å². The summed E-state index contributed by atoms with van der Waals surface area (Å²) < 4.78 is 2.05. The zero-order valence-electron chi connectivity index (χ0n) is 17.4. The topological polar surface area (TPSA) is 45.6 Å². The molecule has 1 aromatic carbocycles. The number of carbonyl (C=O) groups excluding carboxylic acids is 2. The first kappa shape index (κ1) is 20.2. The second kappa shape index (κ2) is 8.63. The Hall–Kier alpha value is -2.56. The van der Waals surface area contributed by atoms with Crippen molar-refractivity contribution in [2.45, 2.75) is 46.2 Å². The number of carbonyl (C=O) groups is 2. The Kier molecular flexibility index (Phi) is 6.22. The molecule has 0 aliphatic heterocycles. The fraction of sp³-hybridized carbons (Fsp3) is 0.478. The Morgan fingerprint density at radius 3 is 2.36 bits per heavy atom. The molecule has 0 saturated heterocycles. The van der Waals surface area contributed by atoms with Crippen molar-refractivity contribution in [3.8, 4) is 0 Å². The minimum absolute atomic E-state index is 0.0322. The van der Waals surface area contributed by atoms with Gasteiger partial charge in [-0.3, -0.25) is 9.59 Å². The molecule has 1 heterocycles. The largest absolute Gasteiger partial charge is 0.353 e. The summed E-state index contributed by atoms with van der Waals surface area (Å²) in [5.41, 5.74) is 2.87. The molecule has 0 spiro atoms. The molecule has 1 aromatic heterocycles. The quantitative estimate of drug-likeness (QED) is 0.701. The SMILES string of the molecule is Cc1ccc(C(=O)N(CC(=O)N(Cc2cccn2C)C2CC2)CC(C)C)cc1. The summed E-state index contributed by atoms with van der Waals surface area (Å²) in [5, 5.41) is 0. The van der Waals surface area contributed by atoms with E-state index in [4.69, 9.17) is 0 Å². The minimum atomic E-state index is -0.0725. The fourth-order valence-electron chi connectivity index (χ4n) is 3.44. The number of nitrogens with zero attached hydrogens (tertiary/aromatic N) is 3. The van der Waals surface area contributed by atoms with Crippen molar-refractivity contribution in [2.24, 2.45) is 13.0 Å². The van der Waals surface area contributed by atoms with Gasteiger partial charge in [0.2, 0.25) is 5.91 Å². The molecule has 2 aromatic rings. The Morgan fingerprint density at radius 2 is 1.82 bits per heavy atom. The molecule has 1 saturated carbocycles. The molecule has 0 N–H and O–H groups in total. The van der Waals surface area contributed by atoms with Crippen molar-refractivity contribution in [2.75, 3.05) is 13.1 Å². The van der Waals surface area contributed by atoms with Crippen LogP contribution in [-0.4, -0.2) is 45.3 Å². The van der Waals surface area contributed by atoms with E-state index in [0.717, 1.165) is 24.1 Å². The number of aromatic nitrogens is 1. The van der Waals surface area contributed by atoms with Crippen LogP contribution in [0.4, 0.5) is 0 Å². The standard InChI is InChI=1S/C23H31N3O2/c1-17(2)14-25(23(28)19-9-7-18(3)8-10-19)16-22(27)26(20-11-12-20)15-21-6-5-13-24(21)4/h5-10,13,17,20H,11-12,14-16H2,1-4H3. The first-order valence-electron chi connectivity index (χ1n) is 10.1. The molecule has 150 valence electrons. The number of hydrogen-bond donors (Lipinski definition) is 0. The van der Waals surface area contributed by atoms with Crippen LogP contribution < -0.4 is 0 Å². The van der Waals surface area contributed by atoms with E-state index in [1.165, 1.54) is 0 Å². The third-order valence-corrected chi connectivity index (χ3v) is 5.19. The highest BCUT2D eigenvalue weighted by atomic mass is 16.2. The zero-order chi connectivity index (χ0) is 20.3. The number of benzene rings is 1. The lowest BCUT2D eigenvalue weighted by Gasteiger charge is -2.29. The molecule has 0 unspecified atom stereocenters. The summed E-state index contributed by atoms with van der Waals surface area (Å²) in [6.07, 6.45) is 4.09. The van der Waals surface area contributed by atoms with Gasteiger partial charge in [-0.25, -0.2) is 0 Å². The van der Waals surface area contributed by atoms with E-state index in [1.807, 2.05) is 66.0 Å². The van der Waals surface area contributed by atoms with Gasteiger partial charge in [-0.1, -0.05) is 31.5 Å². The third kappa shape index (κ3) is 5.03. The summed E-state index contributed by atoms with van der Waals surface area (Å²) >= 11 is 0. The molecule has 5 heteroatoms. The number of aryl methyl sites for hydroxylation is 2. The van der Waals surface area contributed by atoms with Gasteiger partial charge in [-0.2, -0.15) is 0 Å². The van der Waals surface area contributed by atoms with Crippen molar-refractivity contribution in [1.29, 1.82) is 0 Å². The van der Waals surface area contributed by atoms with Crippen molar-refractivity contribution in [3.05, 3.63) is 59.4 Å². The molecule has 5 nitrogen and oxygen atoms in total. The van der Waals surface area contributed by atoms with Gasteiger partial charge in [0.05, 0.1) is 6.54 Å². The van der Waals surface area contributed by atoms with Gasteiger partial charge in [0.15, 0.2) is 0 Å². The monoisotopic (exact) mass is 381 g/mol. The van der Waals surface area contributed by atoms with Crippen LogP contribution in [0.3, 0.4) is 0 Å². The molecule has 28 heavy (non-hydrogen) atoms. The van der Waals surface area contributed by atoms with Gasteiger partial charge in [0.25, 0.3) is 5.91 Å². The highest BCUT2D eigenvalue weighted by Gasteiger charge is 2.34. The van der Waals surface area contributed by atoms with Crippen molar-refractivity contribution >= 4 is 11.8 Å². The summed E-state index contributed by atoms with van der Waals surface area (Å²) in [6, 6.07) is 11.9. The maximum Gasteiger partial charge on any atom is 0.254 e. The van der Waals surface area contributed by atoms with E-state index in [9.17, 15) is 9.59 Å². The molecule has 0 radical (unpaired) electrons. The van der Waals surface area contributed by atoms with E-state index < -0.39 is 0 Å². The Balaban J connectivity index is 1.74. The first-order valence-corrected chi connectivity index (χ1v) is 10.1. The average Bonchev–Trinajstić information content (AvgIpc) is 3.41. The molecule has 1 aliphatic rings. The molecule has 0 bridgehead atoms. The second-order valence-electron chi connectivity index (χ2n) is 8.31. The Labute approximate surface area is 167 Å². The van der Waals surface area contributed by atoms with Gasteiger partial charge in [0, 0.05) is 37.1 Å². The van der Waals surface area contributed by atoms with Gasteiger partial charge >= 0.3 is 0 Å². The zero-order valence-corrected chi connectivity index (χ0v) is 17.4. The van der Waals surface area contributed by atoms with Crippen LogP contribution in [0.1, 0.15) is 48.3 Å².